The fourth-order valence-corrected chi connectivity index (χ4v) is 5.66. The average molecular weight is 396 g/mol. The van der Waals surface area contributed by atoms with E-state index in [0.717, 1.165) is 0 Å². The van der Waals surface area contributed by atoms with Crippen LogP contribution in [0.25, 0.3) is 0 Å². The molecule has 8 heteroatoms. The second kappa shape index (κ2) is 7.96. The second-order valence-electron chi connectivity index (χ2n) is 6.99. The first-order chi connectivity index (χ1) is 12.9. The largest absolute Gasteiger partial charge is 0.325 e. The van der Waals surface area contributed by atoms with Gasteiger partial charge in [0.05, 0.1) is 10.8 Å². The van der Waals surface area contributed by atoms with E-state index in [2.05, 4.69) is 0 Å². The highest BCUT2D eigenvalue weighted by molar-refractivity contribution is 7.87. The predicted molar refractivity (Wildman–Crippen MR) is 102 cm³/mol. The molecular weight excluding hydrogens is 369 g/mol. The van der Waals surface area contributed by atoms with Crippen molar-refractivity contribution in [3.05, 3.63) is 35.6 Å². The first kappa shape index (κ1) is 19.8. The molecule has 0 aromatic heterocycles. The van der Waals surface area contributed by atoms with Gasteiger partial charge in [0.15, 0.2) is 0 Å². The lowest BCUT2D eigenvalue weighted by Gasteiger charge is -2.44. The van der Waals surface area contributed by atoms with Crippen LogP contribution in [0.1, 0.15) is 32.3 Å². The minimum atomic E-state index is -1.32. The molecule has 1 unspecified atom stereocenters. The van der Waals surface area contributed by atoms with Gasteiger partial charge < -0.3 is 14.7 Å². The number of amides is 3. The molecule has 2 aliphatic heterocycles. The first-order valence-corrected chi connectivity index (χ1v) is 10.7. The molecule has 1 aromatic carbocycles. The smallest absolute Gasteiger partial charge is 0.319 e. The molecular formula is C19H26FN3O3S. The Morgan fingerprint density at radius 3 is 2.52 bits per heavy atom. The van der Waals surface area contributed by atoms with E-state index in [1.807, 2.05) is 13.8 Å². The van der Waals surface area contributed by atoms with Crippen LogP contribution in [0, 0.1) is 5.82 Å². The van der Waals surface area contributed by atoms with Crippen molar-refractivity contribution in [1.82, 2.24) is 14.7 Å². The summed E-state index contributed by atoms with van der Waals surface area (Å²) in [6.45, 7) is 6.35. The van der Waals surface area contributed by atoms with Crippen LogP contribution in [-0.2, 0) is 22.1 Å². The van der Waals surface area contributed by atoms with Crippen molar-refractivity contribution < 1.29 is 18.2 Å². The summed E-state index contributed by atoms with van der Waals surface area (Å²) >= 11 is 0. The van der Waals surface area contributed by atoms with Gasteiger partial charge in [-0.25, -0.2) is 9.18 Å². The van der Waals surface area contributed by atoms with E-state index in [1.54, 1.807) is 26.8 Å². The molecule has 0 bridgehead atoms. The Kier molecular flexibility index (Phi) is 5.83. The van der Waals surface area contributed by atoms with Gasteiger partial charge in [-0.05, 0) is 31.5 Å². The van der Waals surface area contributed by atoms with E-state index in [0.29, 0.717) is 44.6 Å². The minimum Gasteiger partial charge on any atom is -0.325 e. The molecule has 148 valence electrons. The lowest BCUT2D eigenvalue weighted by Crippen LogP contribution is -2.57. The number of urea groups is 1. The normalized spacial score (nSPS) is 21.7. The Morgan fingerprint density at radius 1 is 1.26 bits per heavy atom. The fourth-order valence-electron chi connectivity index (χ4n) is 3.96. The Hall–Kier alpha value is -1.96. The lowest BCUT2D eigenvalue weighted by molar-refractivity contribution is -0.131. The van der Waals surface area contributed by atoms with Crippen LogP contribution in [0.15, 0.2) is 24.3 Å². The molecule has 2 aliphatic rings. The van der Waals surface area contributed by atoms with Crippen LogP contribution in [0.5, 0.6) is 0 Å². The summed E-state index contributed by atoms with van der Waals surface area (Å²) in [5, 5.41) is 0. The molecule has 6 nitrogen and oxygen atoms in total. The van der Waals surface area contributed by atoms with Gasteiger partial charge in [-0.3, -0.25) is 9.00 Å². The second-order valence-corrected chi connectivity index (χ2v) is 8.73. The number of halogens is 1. The molecule has 1 spiro atoms. The molecule has 3 amide bonds. The number of piperidine rings is 1. The zero-order valence-corrected chi connectivity index (χ0v) is 16.6. The van der Waals surface area contributed by atoms with Crippen molar-refractivity contribution in [2.75, 3.05) is 31.9 Å². The van der Waals surface area contributed by atoms with Gasteiger partial charge in [0, 0.05) is 45.6 Å². The summed E-state index contributed by atoms with van der Waals surface area (Å²) in [6, 6.07) is 6.13. The molecule has 2 saturated heterocycles. The summed E-state index contributed by atoms with van der Waals surface area (Å²) in [7, 11) is -1.32. The maximum Gasteiger partial charge on any atom is 0.319 e. The zero-order chi connectivity index (χ0) is 19.6. The first-order valence-electron chi connectivity index (χ1n) is 9.38. The molecule has 2 fully saturated rings. The number of carbonyl (C=O) groups is 2. The topological polar surface area (TPSA) is 60.9 Å². The molecule has 3 rings (SSSR count). The zero-order valence-electron chi connectivity index (χ0n) is 15.8. The highest BCUT2D eigenvalue weighted by Crippen LogP contribution is 2.38. The number of hydrogen-bond acceptors (Lipinski definition) is 3. The van der Waals surface area contributed by atoms with E-state index >= 15 is 0 Å². The average Bonchev–Trinajstić information content (AvgIpc) is 2.87. The van der Waals surface area contributed by atoms with Crippen LogP contribution in [0.3, 0.4) is 0 Å². The predicted octanol–water partition coefficient (Wildman–Crippen LogP) is 2.17. The van der Waals surface area contributed by atoms with E-state index in [-0.39, 0.29) is 30.1 Å². The van der Waals surface area contributed by atoms with Gasteiger partial charge in [-0.1, -0.05) is 12.1 Å². The number of rotatable bonds is 4. The van der Waals surface area contributed by atoms with E-state index in [4.69, 9.17) is 0 Å². The number of hydrogen-bond donors (Lipinski definition) is 0. The van der Waals surface area contributed by atoms with E-state index in [9.17, 15) is 18.2 Å². The SMILES string of the molecule is CCN(CC)C(=O)N1CCC2(CC1)N(Cc1cccc(F)c1)C(=O)CS2=O. The summed E-state index contributed by atoms with van der Waals surface area (Å²) < 4.78 is 26.3. The summed E-state index contributed by atoms with van der Waals surface area (Å²) in [4.78, 5) is 29.5. The van der Waals surface area contributed by atoms with Crippen LogP contribution in [0.2, 0.25) is 0 Å². The van der Waals surface area contributed by atoms with Crippen LogP contribution >= 0.6 is 0 Å². The highest BCUT2D eigenvalue weighted by Gasteiger charge is 2.53. The Bertz CT molecular complexity index is 745. The molecule has 2 heterocycles. The fraction of sp³-hybridized carbons (Fsp3) is 0.579. The standard InChI is InChI=1S/C19H26FN3O3S/c1-3-21(4-2)18(25)22-10-8-19(9-11-22)23(17(24)14-27(19)26)13-15-6-5-7-16(20)12-15/h5-7,12H,3-4,8-11,13-14H2,1-2H3. The third kappa shape index (κ3) is 3.72. The van der Waals surface area contributed by atoms with Crippen LogP contribution in [0.4, 0.5) is 9.18 Å². The van der Waals surface area contributed by atoms with Crippen molar-refractivity contribution in [2.24, 2.45) is 0 Å². The summed E-state index contributed by atoms with van der Waals surface area (Å²) in [6.07, 6.45) is 0.960. The van der Waals surface area contributed by atoms with E-state index in [1.165, 1.54) is 12.1 Å². The third-order valence-electron chi connectivity index (χ3n) is 5.55. The van der Waals surface area contributed by atoms with Gasteiger partial charge in [0.1, 0.15) is 16.4 Å². The summed E-state index contributed by atoms with van der Waals surface area (Å²) in [5.74, 6) is -0.519. The number of nitrogens with zero attached hydrogens (tertiary/aromatic N) is 3. The molecule has 0 radical (unpaired) electrons. The maximum absolute atomic E-state index is 13.5. The number of benzene rings is 1. The number of carbonyl (C=O) groups excluding carboxylic acids is 2. The third-order valence-corrected chi connectivity index (χ3v) is 7.54. The van der Waals surface area contributed by atoms with Gasteiger partial charge >= 0.3 is 6.03 Å². The Balaban J connectivity index is 1.76. The maximum atomic E-state index is 13.5. The lowest BCUT2D eigenvalue weighted by atomic mass is 10.0. The van der Waals surface area contributed by atoms with Gasteiger partial charge in [0.2, 0.25) is 5.91 Å². The summed E-state index contributed by atoms with van der Waals surface area (Å²) in [5.41, 5.74) is 0.684. The quantitative estimate of drug-likeness (QED) is 0.785. The van der Waals surface area contributed by atoms with Gasteiger partial charge in [-0.15, -0.1) is 0 Å². The molecule has 27 heavy (non-hydrogen) atoms. The molecule has 0 N–H and O–H groups in total. The van der Waals surface area contributed by atoms with Crippen LogP contribution in [-0.4, -0.2) is 67.6 Å². The molecule has 1 aromatic rings. The van der Waals surface area contributed by atoms with Crippen molar-refractivity contribution >= 4 is 22.7 Å². The van der Waals surface area contributed by atoms with Crippen molar-refractivity contribution in [1.29, 1.82) is 0 Å². The Labute approximate surface area is 161 Å². The van der Waals surface area contributed by atoms with Gasteiger partial charge in [-0.2, -0.15) is 0 Å². The monoisotopic (exact) mass is 395 g/mol. The highest BCUT2D eigenvalue weighted by atomic mass is 32.2. The molecule has 0 saturated carbocycles. The van der Waals surface area contributed by atoms with E-state index < -0.39 is 15.7 Å². The molecule has 0 aliphatic carbocycles. The van der Waals surface area contributed by atoms with Crippen molar-refractivity contribution in [3.8, 4) is 0 Å². The number of likely N-dealkylation sites (tertiary alicyclic amines) is 1. The van der Waals surface area contributed by atoms with Gasteiger partial charge in [0.25, 0.3) is 0 Å². The van der Waals surface area contributed by atoms with Crippen LogP contribution < -0.4 is 0 Å². The van der Waals surface area contributed by atoms with Crippen molar-refractivity contribution in [2.45, 2.75) is 38.1 Å². The Morgan fingerprint density at radius 2 is 1.93 bits per heavy atom. The molecule has 1 atom stereocenters. The van der Waals surface area contributed by atoms with Crippen molar-refractivity contribution in [3.63, 3.8) is 0 Å². The minimum absolute atomic E-state index is 0.000687.